The van der Waals surface area contributed by atoms with Gasteiger partial charge in [-0.3, -0.25) is 0 Å². The lowest BCUT2D eigenvalue weighted by atomic mass is 10.2. The van der Waals surface area contributed by atoms with E-state index < -0.39 is 0 Å². The third-order valence-electron chi connectivity index (χ3n) is 3.53. The maximum atomic E-state index is 1.50. The van der Waals surface area contributed by atoms with Gasteiger partial charge in [0.15, 0.2) is 0 Å². The molecule has 0 atom stereocenters. The van der Waals surface area contributed by atoms with Crippen LogP contribution in [0.15, 0.2) is 0 Å². The number of halogens is 1. The lowest BCUT2D eigenvalue weighted by molar-refractivity contribution is -0.916. The van der Waals surface area contributed by atoms with E-state index >= 15 is 0 Å². The van der Waals surface area contributed by atoms with Gasteiger partial charge < -0.3 is 16.9 Å². The first-order valence-corrected chi connectivity index (χ1v) is 5.26. The van der Waals surface area contributed by atoms with Crippen molar-refractivity contribution in [1.82, 2.24) is 0 Å². The van der Waals surface area contributed by atoms with Crippen molar-refractivity contribution in [3.05, 3.63) is 0 Å². The molecule has 2 aliphatic rings. The molecule has 0 amide bonds. The topological polar surface area (TPSA) is 0 Å². The van der Waals surface area contributed by atoms with Crippen LogP contribution in [0.1, 0.15) is 38.5 Å². The van der Waals surface area contributed by atoms with Crippen LogP contribution >= 0.6 is 0 Å². The van der Waals surface area contributed by atoms with E-state index in [9.17, 15) is 0 Å². The molecule has 0 unspecified atom stereocenters. The molecule has 0 aromatic heterocycles. The Kier molecular flexibility index (Phi) is 3.85. The molecule has 0 saturated carbocycles. The van der Waals surface area contributed by atoms with Crippen molar-refractivity contribution in [2.24, 2.45) is 0 Å². The molecule has 72 valence electrons. The molecule has 2 aliphatic heterocycles. The Hall–Kier alpha value is 0.250. The maximum absolute atomic E-state index is 1.50. The van der Waals surface area contributed by atoms with Crippen LogP contribution in [0, 0.1) is 0 Å². The SMILES string of the molecule is C1CCC[N+]2(CC1)CCCC2.[Cl-]. The first-order chi connectivity index (χ1) is 5.41. The van der Waals surface area contributed by atoms with Gasteiger partial charge in [-0.15, -0.1) is 0 Å². The summed E-state index contributed by atoms with van der Waals surface area (Å²) in [4.78, 5) is 0. The molecule has 0 aliphatic carbocycles. The van der Waals surface area contributed by atoms with Crippen LogP contribution in [0.3, 0.4) is 0 Å². The largest absolute Gasteiger partial charge is 1.00 e. The third kappa shape index (κ3) is 2.14. The first kappa shape index (κ1) is 10.3. The van der Waals surface area contributed by atoms with E-state index in [-0.39, 0.29) is 12.4 Å². The minimum Gasteiger partial charge on any atom is -1.00 e. The zero-order chi connectivity index (χ0) is 7.57. The highest BCUT2D eigenvalue weighted by Gasteiger charge is 2.31. The Balaban J connectivity index is 0.000000720. The van der Waals surface area contributed by atoms with E-state index in [0.717, 1.165) is 0 Å². The molecule has 0 radical (unpaired) electrons. The average molecular weight is 190 g/mol. The summed E-state index contributed by atoms with van der Waals surface area (Å²) in [6.45, 7) is 6.00. The number of quaternary nitrogens is 1. The van der Waals surface area contributed by atoms with E-state index in [2.05, 4.69) is 0 Å². The highest BCUT2D eigenvalue weighted by Crippen LogP contribution is 2.24. The third-order valence-corrected chi connectivity index (χ3v) is 3.53. The molecule has 0 bridgehead atoms. The van der Waals surface area contributed by atoms with Crippen LogP contribution < -0.4 is 12.4 Å². The monoisotopic (exact) mass is 189 g/mol. The smallest absolute Gasteiger partial charge is 0.0788 e. The van der Waals surface area contributed by atoms with E-state index in [0.29, 0.717) is 0 Å². The van der Waals surface area contributed by atoms with Crippen LogP contribution in [-0.2, 0) is 0 Å². The Morgan fingerprint density at radius 1 is 0.500 bits per heavy atom. The highest BCUT2D eigenvalue weighted by molar-refractivity contribution is 4.59. The summed E-state index contributed by atoms with van der Waals surface area (Å²) >= 11 is 0. The zero-order valence-electron chi connectivity index (χ0n) is 7.90. The van der Waals surface area contributed by atoms with Crippen molar-refractivity contribution >= 4 is 0 Å². The minimum atomic E-state index is 0. The summed E-state index contributed by atoms with van der Waals surface area (Å²) in [6, 6.07) is 0. The Morgan fingerprint density at radius 2 is 0.833 bits per heavy atom. The second-order valence-corrected chi connectivity index (χ2v) is 4.36. The van der Waals surface area contributed by atoms with Gasteiger partial charge in [0.1, 0.15) is 0 Å². The van der Waals surface area contributed by atoms with Gasteiger partial charge >= 0.3 is 0 Å². The molecule has 2 fully saturated rings. The Bertz CT molecular complexity index is 120. The van der Waals surface area contributed by atoms with Crippen LogP contribution in [0.2, 0.25) is 0 Å². The molecule has 0 aromatic rings. The van der Waals surface area contributed by atoms with Crippen LogP contribution in [0.25, 0.3) is 0 Å². The second kappa shape index (κ2) is 4.48. The summed E-state index contributed by atoms with van der Waals surface area (Å²) in [7, 11) is 0. The van der Waals surface area contributed by atoms with E-state index in [4.69, 9.17) is 0 Å². The summed E-state index contributed by atoms with van der Waals surface area (Å²) in [5.74, 6) is 0. The van der Waals surface area contributed by atoms with Crippen molar-refractivity contribution < 1.29 is 16.9 Å². The number of nitrogens with zero attached hydrogens (tertiary/aromatic N) is 1. The maximum Gasteiger partial charge on any atom is 0.0788 e. The quantitative estimate of drug-likeness (QED) is 0.437. The van der Waals surface area contributed by atoms with Crippen LogP contribution in [-0.4, -0.2) is 30.7 Å². The summed E-state index contributed by atoms with van der Waals surface area (Å²) in [6.07, 6.45) is 9.00. The normalized spacial score (nSPS) is 28.0. The Morgan fingerprint density at radius 3 is 1.25 bits per heavy atom. The molecule has 2 saturated heterocycles. The molecule has 2 rings (SSSR count). The van der Waals surface area contributed by atoms with Gasteiger partial charge in [-0.1, -0.05) is 0 Å². The van der Waals surface area contributed by atoms with Crippen LogP contribution in [0.5, 0.6) is 0 Å². The molecule has 2 heteroatoms. The fraction of sp³-hybridized carbons (Fsp3) is 1.00. The first-order valence-electron chi connectivity index (χ1n) is 5.26. The van der Waals surface area contributed by atoms with E-state index in [1.807, 2.05) is 0 Å². The minimum absolute atomic E-state index is 0. The summed E-state index contributed by atoms with van der Waals surface area (Å²) < 4.78 is 1.50. The number of hydrogen-bond donors (Lipinski definition) is 0. The standard InChI is InChI=1S/C10H20N.ClH/c1-2-4-8-11(7-3-1)9-5-6-10-11;/h1-10H2;1H/q+1;/p-1. The highest BCUT2D eigenvalue weighted by atomic mass is 35.5. The van der Waals surface area contributed by atoms with E-state index in [1.165, 1.54) is 69.2 Å². The lowest BCUT2D eigenvalue weighted by Crippen LogP contribution is -3.00. The average Bonchev–Trinajstić information content (AvgIpc) is 2.32. The molecular formula is C10H20ClN. The summed E-state index contributed by atoms with van der Waals surface area (Å²) in [5, 5.41) is 0. The predicted molar refractivity (Wildman–Crippen MR) is 47.4 cm³/mol. The van der Waals surface area contributed by atoms with Gasteiger partial charge in [0, 0.05) is 12.8 Å². The van der Waals surface area contributed by atoms with Gasteiger partial charge in [-0.05, 0) is 25.7 Å². The molecular weight excluding hydrogens is 170 g/mol. The molecule has 0 aromatic carbocycles. The lowest BCUT2D eigenvalue weighted by Gasteiger charge is -2.32. The van der Waals surface area contributed by atoms with Gasteiger partial charge in [0.25, 0.3) is 0 Å². The van der Waals surface area contributed by atoms with Crippen molar-refractivity contribution in [2.45, 2.75) is 38.5 Å². The van der Waals surface area contributed by atoms with Crippen molar-refractivity contribution in [2.75, 3.05) is 26.2 Å². The molecule has 0 N–H and O–H groups in total. The fourth-order valence-electron chi connectivity index (χ4n) is 2.81. The van der Waals surface area contributed by atoms with Gasteiger partial charge in [-0.2, -0.15) is 0 Å². The zero-order valence-corrected chi connectivity index (χ0v) is 8.65. The second-order valence-electron chi connectivity index (χ2n) is 4.36. The molecule has 1 nitrogen and oxygen atoms in total. The van der Waals surface area contributed by atoms with Gasteiger partial charge in [-0.25, -0.2) is 0 Å². The van der Waals surface area contributed by atoms with Gasteiger partial charge in [0.05, 0.1) is 26.2 Å². The molecule has 1 spiro atoms. The fourth-order valence-corrected chi connectivity index (χ4v) is 2.81. The summed E-state index contributed by atoms with van der Waals surface area (Å²) in [5.41, 5.74) is 0. The number of hydrogen-bond acceptors (Lipinski definition) is 0. The predicted octanol–water partition coefficient (Wildman–Crippen LogP) is -0.825. The van der Waals surface area contributed by atoms with Crippen molar-refractivity contribution in [3.8, 4) is 0 Å². The van der Waals surface area contributed by atoms with Crippen molar-refractivity contribution in [1.29, 1.82) is 0 Å². The van der Waals surface area contributed by atoms with Crippen LogP contribution in [0.4, 0.5) is 0 Å². The molecule has 12 heavy (non-hydrogen) atoms. The van der Waals surface area contributed by atoms with E-state index in [1.54, 1.807) is 0 Å². The molecule has 2 heterocycles. The van der Waals surface area contributed by atoms with Gasteiger partial charge in [0.2, 0.25) is 0 Å². The van der Waals surface area contributed by atoms with Crippen molar-refractivity contribution in [3.63, 3.8) is 0 Å². The Labute approximate surface area is 82.1 Å². The number of rotatable bonds is 0.